The number of hydrogen-bond acceptors (Lipinski definition) is 4. The summed E-state index contributed by atoms with van der Waals surface area (Å²) in [5.41, 5.74) is 3.64. The van der Waals surface area contributed by atoms with Crippen molar-refractivity contribution < 1.29 is 14.2 Å². The molecule has 0 amide bonds. The Morgan fingerprint density at radius 1 is 0.737 bits per heavy atom. The lowest BCUT2D eigenvalue weighted by atomic mass is 9.78. The van der Waals surface area contributed by atoms with E-state index in [1.165, 1.54) is 11.1 Å². The van der Waals surface area contributed by atoms with Gasteiger partial charge in [-0.05, 0) is 79.3 Å². The van der Waals surface area contributed by atoms with Gasteiger partial charge in [0.15, 0.2) is 0 Å². The van der Waals surface area contributed by atoms with Gasteiger partial charge < -0.3 is 14.2 Å². The van der Waals surface area contributed by atoms with Crippen LogP contribution in [0.25, 0.3) is 0 Å². The average Bonchev–Trinajstić information content (AvgIpc) is 2.84. The van der Waals surface area contributed by atoms with Crippen molar-refractivity contribution in [2.24, 2.45) is 0 Å². The van der Waals surface area contributed by atoms with Crippen molar-refractivity contribution in [3.8, 4) is 35.7 Å². The van der Waals surface area contributed by atoms with Crippen LogP contribution in [0.5, 0.6) is 17.2 Å². The minimum absolute atomic E-state index is 0.0194. The number of methoxy groups -OCH3 is 1. The Morgan fingerprint density at radius 2 is 1.24 bits per heavy atom. The van der Waals surface area contributed by atoms with E-state index in [2.05, 4.69) is 75.6 Å². The SMILES string of the molecule is C#CCOC.CC(C)(C)Oc1ccc(C(C)(C)c2ccc(Oc3ccc(C(C)(C)C)cc3C#N)cc2)cc1. The minimum atomic E-state index is -0.217. The van der Waals surface area contributed by atoms with E-state index < -0.39 is 0 Å². The quantitative estimate of drug-likeness (QED) is 0.312. The Hall–Kier alpha value is -3.73. The third-order valence-electron chi connectivity index (χ3n) is 6.00. The molecule has 0 saturated heterocycles. The molecule has 0 heterocycles. The van der Waals surface area contributed by atoms with Gasteiger partial charge in [0, 0.05) is 12.5 Å². The van der Waals surface area contributed by atoms with Crippen LogP contribution in [0.1, 0.15) is 77.6 Å². The van der Waals surface area contributed by atoms with Crippen LogP contribution in [0.4, 0.5) is 0 Å². The first-order valence-electron chi connectivity index (χ1n) is 12.8. The highest BCUT2D eigenvalue weighted by molar-refractivity contribution is 5.49. The first kappa shape index (κ1) is 30.5. The number of terminal acetylenes is 1. The second-order valence-electron chi connectivity index (χ2n) is 11.7. The van der Waals surface area contributed by atoms with Crippen molar-refractivity contribution in [1.29, 1.82) is 5.26 Å². The summed E-state index contributed by atoms with van der Waals surface area (Å²) in [6.07, 6.45) is 4.76. The zero-order valence-electron chi connectivity index (χ0n) is 24.3. The first-order valence-corrected chi connectivity index (χ1v) is 12.8. The van der Waals surface area contributed by atoms with Crippen molar-refractivity contribution >= 4 is 0 Å². The Morgan fingerprint density at radius 3 is 1.63 bits per heavy atom. The molecule has 3 aromatic rings. The number of ether oxygens (including phenoxy) is 3. The molecule has 3 aromatic carbocycles. The van der Waals surface area contributed by atoms with Gasteiger partial charge in [-0.1, -0.05) is 70.9 Å². The lowest BCUT2D eigenvalue weighted by Crippen LogP contribution is -2.23. The van der Waals surface area contributed by atoms with E-state index in [4.69, 9.17) is 15.9 Å². The molecule has 0 fully saturated rings. The van der Waals surface area contributed by atoms with Crippen LogP contribution in [-0.4, -0.2) is 19.3 Å². The van der Waals surface area contributed by atoms with Crippen molar-refractivity contribution in [1.82, 2.24) is 0 Å². The molecule has 0 saturated carbocycles. The fourth-order valence-corrected chi connectivity index (χ4v) is 3.78. The minimum Gasteiger partial charge on any atom is -0.488 e. The summed E-state index contributed by atoms with van der Waals surface area (Å²) in [5, 5.41) is 9.61. The molecule has 0 aromatic heterocycles. The zero-order valence-corrected chi connectivity index (χ0v) is 24.3. The second-order valence-corrected chi connectivity index (χ2v) is 11.7. The molecule has 0 atom stereocenters. The van der Waals surface area contributed by atoms with E-state index in [1.54, 1.807) is 7.11 Å². The number of nitriles is 1. The fourth-order valence-electron chi connectivity index (χ4n) is 3.78. The third-order valence-corrected chi connectivity index (χ3v) is 6.00. The second kappa shape index (κ2) is 12.7. The van der Waals surface area contributed by atoms with Crippen LogP contribution in [0.3, 0.4) is 0 Å². The maximum absolute atomic E-state index is 9.61. The topological polar surface area (TPSA) is 51.5 Å². The lowest BCUT2D eigenvalue weighted by molar-refractivity contribution is 0.131. The highest BCUT2D eigenvalue weighted by atomic mass is 16.5. The van der Waals surface area contributed by atoms with Gasteiger partial charge >= 0.3 is 0 Å². The zero-order chi connectivity index (χ0) is 28.6. The summed E-state index contributed by atoms with van der Waals surface area (Å²) in [7, 11) is 1.57. The normalized spacial score (nSPS) is 11.4. The van der Waals surface area contributed by atoms with Gasteiger partial charge in [0.1, 0.15) is 35.5 Å². The number of benzene rings is 3. The largest absolute Gasteiger partial charge is 0.488 e. The molecule has 0 N–H and O–H groups in total. The molecule has 200 valence electrons. The molecule has 4 heteroatoms. The molecule has 0 unspecified atom stereocenters. The van der Waals surface area contributed by atoms with Crippen LogP contribution in [0.15, 0.2) is 66.7 Å². The summed E-state index contributed by atoms with van der Waals surface area (Å²) in [6, 6.07) is 24.5. The Bertz CT molecular complexity index is 1260. The molecule has 3 rings (SSSR count). The smallest absolute Gasteiger partial charge is 0.145 e. The molecule has 38 heavy (non-hydrogen) atoms. The van der Waals surface area contributed by atoms with E-state index in [1.807, 2.05) is 63.2 Å². The van der Waals surface area contributed by atoms with Gasteiger partial charge in [-0.2, -0.15) is 5.26 Å². The summed E-state index contributed by atoms with van der Waals surface area (Å²) < 4.78 is 16.5. The van der Waals surface area contributed by atoms with E-state index in [0.717, 1.165) is 11.3 Å². The molecule has 0 spiro atoms. The maximum atomic E-state index is 9.61. The molecule has 0 bridgehead atoms. The lowest BCUT2D eigenvalue weighted by Gasteiger charge is -2.27. The van der Waals surface area contributed by atoms with Crippen LogP contribution in [0.2, 0.25) is 0 Å². The molecule has 0 aliphatic carbocycles. The van der Waals surface area contributed by atoms with Gasteiger partial charge in [-0.25, -0.2) is 0 Å². The van der Waals surface area contributed by atoms with Crippen LogP contribution in [0, 0.1) is 23.7 Å². The van der Waals surface area contributed by atoms with E-state index in [0.29, 0.717) is 23.7 Å². The number of rotatable bonds is 6. The van der Waals surface area contributed by atoms with Gasteiger partial charge in [-0.15, -0.1) is 6.42 Å². The van der Waals surface area contributed by atoms with E-state index >= 15 is 0 Å². The monoisotopic (exact) mass is 511 g/mol. The number of hydrogen-bond donors (Lipinski definition) is 0. The first-order chi connectivity index (χ1) is 17.7. The Balaban J connectivity index is 0.000000926. The predicted octanol–water partition coefficient (Wildman–Crippen LogP) is 8.42. The molecule has 0 radical (unpaired) electrons. The molecule has 4 nitrogen and oxygen atoms in total. The van der Waals surface area contributed by atoms with Gasteiger partial charge in [-0.3, -0.25) is 0 Å². The summed E-state index contributed by atoms with van der Waals surface area (Å²) in [5.74, 6) is 4.45. The highest BCUT2D eigenvalue weighted by Gasteiger charge is 2.24. The average molecular weight is 512 g/mol. The Labute approximate surface area is 229 Å². The van der Waals surface area contributed by atoms with Crippen molar-refractivity contribution in [2.75, 3.05) is 13.7 Å². The fraction of sp³-hybridized carbons (Fsp3) is 0.382. The van der Waals surface area contributed by atoms with E-state index in [9.17, 15) is 5.26 Å². The van der Waals surface area contributed by atoms with E-state index in [-0.39, 0.29) is 16.4 Å². The number of nitrogens with zero attached hydrogens (tertiary/aromatic N) is 1. The van der Waals surface area contributed by atoms with Crippen LogP contribution in [-0.2, 0) is 15.6 Å². The third kappa shape index (κ3) is 8.69. The molecular weight excluding hydrogens is 470 g/mol. The maximum Gasteiger partial charge on any atom is 0.145 e. The Kier molecular flexibility index (Phi) is 10.2. The molecular formula is C34H41NO3. The van der Waals surface area contributed by atoms with Gasteiger partial charge in [0.25, 0.3) is 0 Å². The predicted molar refractivity (Wildman–Crippen MR) is 156 cm³/mol. The van der Waals surface area contributed by atoms with Crippen molar-refractivity contribution in [3.63, 3.8) is 0 Å². The van der Waals surface area contributed by atoms with Crippen molar-refractivity contribution in [2.45, 2.75) is 71.8 Å². The van der Waals surface area contributed by atoms with Crippen molar-refractivity contribution in [3.05, 3.63) is 89.0 Å². The molecule has 0 aliphatic rings. The summed E-state index contributed by atoms with van der Waals surface area (Å²) in [4.78, 5) is 0. The standard InChI is InChI=1S/C30H35NO2.C4H6O/c1-28(2,3)24-13-18-27(21(19-24)20-31)32-25-14-9-22(10-15-25)30(7,8)23-11-16-26(17-12-23)33-29(4,5)6;1-3-4-5-2/h9-19H,1-8H3;1H,4H2,2H3. The van der Waals surface area contributed by atoms with Gasteiger partial charge in [0.2, 0.25) is 0 Å². The highest BCUT2D eigenvalue weighted by Crippen LogP contribution is 2.35. The molecule has 0 aliphatic heterocycles. The van der Waals surface area contributed by atoms with Crippen LogP contribution >= 0.6 is 0 Å². The van der Waals surface area contributed by atoms with Crippen LogP contribution < -0.4 is 9.47 Å². The summed E-state index contributed by atoms with van der Waals surface area (Å²) >= 11 is 0. The summed E-state index contributed by atoms with van der Waals surface area (Å²) in [6.45, 7) is 17.4. The van der Waals surface area contributed by atoms with Gasteiger partial charge in [0.05, 0.1) is 5.56 Å².